The van der Waals surface area contributed by atoms with E-state index in [0.29, 0.717) is 0 Å². The summed E-state index contributed by atoms with van der Waals surface area (Å²) in [4.78, 5) is 4.35. The number of hydrogen-bond acceptors (Lipinski definition) is 2. The molecule has 2 rings (SSSR count). The van der Waals surface area contributed by atoms with Gasteiger partial charge < -0.3 is 5.73 Å². The van der Waals surface area contributed by atoms with Crippen LogP contribution in [0.1, 0.15) is 19.5 Å². The Labute approximate surface area is 108 Å². The van der Waals surface area contributed by atoms with Crippen molar-refractivity contribution in [2.45, 2.75) is 19.4 Å². The predicted octanol–water partition coefficient (Wildman–Crippen LogP) is 3.27. The summed E-state index contributed by atoms with van der Waals surface area (Å²) in [6, 6.07) is 10.2. The Morgan fingerprint density at radius 3 is 2.31 bits per heavy atom. The Kier molecular flexibility index (Phi) is 5.20. The van der Waals surface area contributed by atoms with Crippen molar-refractivity contribution in [2.75, 3.05) is 0 Å². The van der Waals surface area contributed by atoms with Gasteiger partial charge in [-0.05, 0) is 25.3 Å². The van der Waals surface area contributed by atoms with E-state index in [1.807, 2.05) is 38.2 Å². The molecule has 0 amide bonds. The monoisotopic (exact) mass is 258 g/mol. The summed E-state index contributed by atoms with van der Waals surface area (Å²) in [7, 11) is 0. The van der Waals surface area contributed by atoms with E-state index >= 15 is 0 Å². The van der Waals surface area contributed by atoms with Gasteiger partial charge in [-0.25, -0.2) is 0 Å². The number of hydrogen-bond donors (Lipinski definition) is 1. The molecule has 0 saturated carbocycles. The molecule has 0 aliphatic rings. The summed E-state index contributed by atoms with van der Waals surface area (Å²) in [5, 5.41) is 2.33. The van der Waals surface area contributed by atoms with Gasteiger partial charge in [0.2, 0.25) is 0 Å². The maximum absolute atomic E-state index is 6.06. The van der Waals surface area contributed by atoms with Crippen LogP contribution in [0.25, 0.3) is 10.8 Å². The molecular formula is C12H16Cl2N2. The molecule has 2 nitrogen and oxygen atoms in total. The molecule has 0 radical (unpaired) electrons. The van der Waals surface area contributed by atoms with Crippen molar-refractivity contribution in [1.82, 2.24) is 4.98 Å². The average molecular weight is 259 g/mol. The van der Waals surface area contributed by atoms with Crippen molar-refractivity contribution in [2.24, 2.45) is 5.73 Å². The Hall–Kier alpha value is -0.830. The van der Waals surface area contributed by atoms with Crippen molar-refractivity contribution in [3.05, 3.63) is 42.2 Å². The quantitative estimate of drug-likeness (QED) is 0.853. The zero-order chi connectivity index (χ0) is 10.2. The van der Waals surface area contributed by atoms with Gasteiger partial charge >= 0.3 is 0 Å². The Bertz CT molecular complexity index is 459. The molecule has 0 unspecified atom stereocenters. The van der Waals surface area contributed by atoms with Crippen molar-refractivity contribution in [1.29, 1.82) is 0 Å². The molecule has 0 aliphatic heterocycles. The molecule has 1 aromatic carbocycles. The third kappa shape index (κ3) is 2.85. The topological polar surface area (TPSA) is 38.9 Å². The molecule has 4 heteroatoms. The van der Waals surface area contributed by atoms with Gasteiger partial charge in [-0.15, -0.1) is 24.8 Å². The molecule has 0 saturated heterocycles. The first kappa shape index (κ1) is 15.2. The summed E-state index contributed by atoms with van der Waals surface area (Å²) < 4.78 is 0. The van der Waals surface area contributed by atoms with Crippen LogP contribution < -0.4 is 5.73 Å². The third-order valence-corrected chi connectivity index (χ3v) is 2.28. The van der Waals surface area contributed by atoms with E-state index in [0.717, 1.165) is 11.1 Å². The highest BCUT2D eigenvalue weighted by Crippen LogP contribution is 2.23. The Morgan fingerprint density at radius 2 is 1.69 bits per heavy atom. The van der Waals surface area contributed by atoms with Crippen LogP contribution in [0.4, 0.5) is 0 Å². The fourth-order valence-electron chi connectivity index (χ4n) is 1.63. The fraction of sp³-hybridized carbons (Fsp3) is 0.250. The molecule has 2 aromatic rings. The zero-order valence-corrected chi connectivity index (χ0v) is 10.9. The van der Waals surface area contributed by atoms with Crippen molar-refractivity contribution < 1.29 is 0 Å². The van der Waals surface area contributed by atoms with Crippen LogP contribution >= 0.6 is 24.8 Å². The molecule has 0 atom stereocenters. The number of nitrogens with two attached hydrogens (primary N) is 1. The highest BCUT2D eigenvalue weighted by molar-refractivity contribution is 5.86. The molecule has 1 aromatic heterocycles. The SMILES string of the molecule is CC(C)(N)c1nccc2ccccc12.Cl.Cl. The van der Waals surface area contributed by atoms with E-state index in [1.54, 1.807) is 0 Å². The van der Waals surface area contributed by atoms with E-state index in [9.17, 15) is 0 Å². The van der Waals surface area contributed by atoms with Crippen LogP contribution in [0.2, 0.25) is 0 Å². The lowest BCUT2D eigenvalue weighted by molar-refractivity contribution is 0.541. The molecule has 0 bridgehead atoms. The molecule has 2 N–H and O–H groups in total. The van der Waals surface area contributed by atoms with Gasteiger partial charge in [0, 0.05) is 11.6 Å². The van der Waals surface area contributed by atoms with Crippen molar-refractivity contribution >= 4 is 35.6 Å². The van der Waals surface area contributed by atoms with E-state index < -0.39 is 0 Å². The molecule has 0 spiro atoms. The summed E-state index contributed by atoms with van der Waals surface area (Å²) >= 11 is 0. The van der Waals surface area contributed by atoms with E-state index in [1.165, 1.54) is 5.39 Å². The molecular weight excluding hydrogens is 243 g/mol. The van der Waals surface area contributed by atoms with Crippen molar-refractivity contribution in [3.63, 3.8) is 0 Å². The lowest BCUT2D eigenvalue weighted by atomic mass is 9.96. The lowest BCUT2D eigenvalue weighted by Crippen LogP contribution is -2.30. The van der Waals surface area contributed by atoms with E-state index in [2.05, 4.69) is 17.1 Å². The third-order valence-electron chi connectivity index (χ3n) is 2.28. The summed E-state index contributed by atoms with van der Waals surface area (Å²) in [6.45, 7) is 3.95. The average Bonchev–Trinajstić information content (AvgIpc) is 2.15. The van der Waals surface area contributed by atoms with E-state index in [4.69, 9.17) is 5.73 Å². The van der Waals surface area contributed by atoms with Gasteiger partial charge in [0.1, 0.15) is 0 Å². The molecule has 0 aliphatic carbocycles. The lowest BCUT2D eigenvalue weighted by Gasteiger charge is -2.19. The molecule has 1 heterocycles. The van der Waals surface area contributed by atoms with Gasteiger partial charge in [-0.1, -0.05) is 24.3 Å². The number of fused-ring (bicyclic) bond motifs is 1. The highest BCUT2D eigenvalue weighted by Gasteiger charge is 2.18. The first-order valence-corrected chi connectivity index (χ1v) is 4.72. The van der Waals surface area contributed by atoms with Crippen molar-refractivity contribution in [3.8, 4) is 0 Å². The predicted molar refractivity (Wildman–Crippen MR) is 73.5 cm³/mol. The second-order valence-corrected chi connectivity index (χ2v) is 4.10. The van der Waals surface area contributed by atoms with Crippen LogP contribution in [0.15, 0.2) is 36.5 Å². The first-order valence-electron chi connectivity index (χ1n) is 4.72. The van der Waals surface area contributed by atoms with Gasteiger partial charge in [0.25, 0.3) is 0 Å². The summed E-state index contributed by atoms with van der Waals surface area (Å²) in [5.41, 5.74) is 6.63. The smallest absolute Gasteiger partial charge is 0.0674 e. The van der Waals surface area contributed by atoms with Crippen LogP contribution in [0.3, 0.4) is 0 Å². The van der Waals surface area contributed by atoms with E-state index in [-0.39, 0.29) is 30.4 Å². The first-order chi connectivity index (χ1) is 6.59. The van der Waals surface area contributed by atoms with Crippen LogP contribution in [-0.4, -0.2) is 4.98 Å². The standard InChI is InChI=1S/C12H14N2.2ClH/c1-12(2,13)11-10-6-4-3-5-9(10)7-8-14-11;;/h3-8H,13H2,1-2H3;2*1H. The van der Waals surface area contributed by atoms with Gasteiger partial charge in [-0.3, -0.25) is 4.98 Å². The fourth-order valence-corrected chi connectivity index (χ4v) is 1.63. The molecule has 16 heavy (non-hydrogen) atoms. The maximum atomic E-state index is 6.06. The second-order valence-electron chi connectivity index (χ2n) is 4.10. The van der Waals surface area contributed by atoms with Gasteiger partial charge in [0.05, 0.1) is 11.2 Å². The zero-order valence-electron chi connectivity index (χ0n) is 9.31. The minimum atomic E-state index is -0.388. The summed E-state index contributed by atoms with van der Waals surface area (Å²) in [6.07, 6.45) is 1.81. The summed E-state index contributed by atoms with van der Waals surface area (Å²) in [5.74, 6) is 0. The number of pyridine rings is 1. The molecule has 88 valence electrons. The maximum Gasteiger partial charge on any atom is 0.0674 e. The Balaban J connectivity index is 0.00000112. The number of nitrogens with zero attached hydrogens (tertiary/aromatic N) is 1. The normalized spacial score (nSPS) is 10.4. The number of aromatic nitrogens is 1. The minimum absolute atomic E-state index is 0. The van der Waals surface area contributed by atoms with Crippen LogP contribution in [0, 0.1) is 0 Å². The largest absolute Gasteiger partial charge is 0.321 e. The number of halogens is 2. The van der Waals surface area contributed by atoms with Gasteiger partial charge in [-0.2, -0.15) is 0 Å². The highest BCUT2D eigenvalue weighted by atomic mass is 35.5. The van der Waals surface area contributed by atoms with Gasteiger partial charge in [0.15, 0.2) is 0 Å². The minimum Gasteiger partial charge on any atom is -0.321 e. The second kappa shape index (κ2) is 5.48. The number of rotatable bonds is 1. The number of benzene rings is 1. The van der Waals surface area contributed by atoms with Crippen LogP contribution in [0.5, 0.6) is 0 Å². The molecule has 0 fully saturated rings. The van der Waals surface area contributed by atoms with Crippen LogP contribution in [-0.2, 0) is 5.54 Å². The Morgan fingerprint density at radius 1 is 1.06 bits per heavy atom.